The number of piperidine rings is 1. The molecule has 3 rings (SSSR count). The molecule has 1 amide bonds. The maximum absolute atomic E-state index is 12.6. The lowest BCUT2D eigenvalue weighted by atomic mass is 10.1. The van der Waals surface area contributed by atoms with E-state index in [1.807, 2.05) is 6.92 Å². The molecule has 2 aromatic rings. The number of anilines is 2. The van der Waals surface area contributed by atoms with Crippen molar-refractivity contribution in [3.05, 3.63) is 48.0 Å². The fourth-order valence-corrected chi connectivity index (χ4v) is 4.19. The summed E-state index contributed by atoms with van der Waals surface area (Å²) in [4.78, 5) is 14.1. The van der Waals surface area contributed by atoms with Crippen LogP contribution in [0.25, 0.3) is 0 Å². The maximum atomic E-state index is 12.6. The van der Waals surface area contributed by atoms with Gasteiger partial charge in [-0.15, -0.1) is 0 Å². The Bertz CT molecular complexity index is 923. The fraction of sp³-hybridized carbons (Fsp3) is 0.350. The van der Waals surface area contributed by atoms with Gasteiger partial charge in [0.1, 0.15) is 5.75 Å². The lowest BCUT2D eigenvalue weighted by Gasteiger charge is -2.28. The summed E-state index contributed by atoms with van der Waals surface area (Å²) < 4.78 is 33.2. The first-order valence-corrected chi connectivity index (χ1v) is 10.5. The van der Waals surface area contributed by atoms with E-state index in [1.54, 1.807) is 47.4 Å². The molecular formula is C20H24N2O4S. The van der Waals surface area contributed by atoms with Crippen LogP contribution in [0.5, 0.6) is 5.75 Å². The van der Waals surface area contributed by atoms with E-state index in [1.165, 1.54) is 7.11 Å². The number of hydrogen-bond donors (Lipinski definition) is 1. The third-order valence-electron chi connectivity index (χ3n) is 4.69. The Labute approximate surface area is 160 Å². The molecule has 7 heteroatoms. The van der Waals surface area contributed by atoms with Crippen molar-refractivity contribution in [3.63, 3.8) is 0 Å². The molecule has 0 unspecified atom stereocenters. The molecule has 1 fully saturated rings. The minimum absolute atomic E-state index is 0.0592. The van der Waals surface area contributed by atoms with Crippen LogP contribution in [0.2, 0.25) is 0 Å². The van der Waals surface area contributed by atoms with E-state index in [-0.39, 0.29) is 10.8 Å². The molecule has 1 aliphatic heterocycles. The van der Waals surface area contributed by atoms with E-state index >= 15 is 0 Å². The Kier molecular flexibility index (Phi) is 5.70. The quantitative estimate of drug-likeness (QED) is 0.821. The number of ether oxygens (including phenoxy) is 1. The number of methoxy groups -OCH3 is 1. The smallest absolute Gasteiger partial charge is 0.261 e. The van der Waals surface area contributed by atoms with Crippen molar-refractivity contribution in [2.24, 2.45) is 0 Å². The zero-order valence-electron chi connectivity index (χ0n) is 15.6. The average molecular weight is 388 g/mol. The summed E-state index contributed by atoms with van der Waals surface area (Å²) in [5, 5.41) is 0. The highest BCUT2D eigenvalue weighted by atomic mass is 32.2. The fourth-order valence-electron chi connectivity index (χ4n) is 3.14. The Hall–Kier alpha value is -2.54. The van der Waals surface area contributed by atoms with Crippen molar-refractivity contribution >= 4 is 27.3 Å². The second-order valence-electron chi connectivity index (χ2n) is 6.49. The number of rotatable bonds is 6. The number of carbonyl (C=O) groups is 1. The maximum Gasteiger partial charge on any atom is 0.261 e. The molecule has 1 saturated heterocycles. The molecule has 0 spiro atoms. The molecule has 0 bridgehead atoms. The Morgan fingerprint density at radius 2 is 1.85 bits per heavy atom. The Morgan fingerprint density at radius 1 is 1.11 bits per heavy atom. The number of benzene rings is 2. The van der Waals surface area contributed by atoms with Gasteiger partial charge in [-0.1, -0.05) is 19.1 Å². The minimum atomic E-state index is -3.70. The molecule has 0 aliphatic carbocycles. The number of sulfonamides is 1. The topological polar surface area (TPSA) is 75.7 Å². The van der Waals surface area contributed by atoms with Crippen molar-refractivity contribution < 1.29 is 17.9 Å². The summed E-state index contributed by atoms with van der Waals surface area (Å²) in [6.07, 6.45) is 3.20. The average Bonchev–Trinajstić information content (AvgIpc) is 2.68. The molecule has 2 aromatic carbocycles. The van der Waals surface area contributed by atoms with E-state index in [9.17, 15) is 13.2 Å². The minimum Gasteiger partial charge on any atom is -0.494 e. The summed E-state index contributed by atoms with van der Waals surface area (Å²) in [6.45, 7) is 2.66. The molecule has 0 saturated carbocycles. The second-order valence-corrected chi connectivity index (χ2v) is 8.17. The Balaban J connectivity index is 1.85. The van der Waals surface area contributed by atoms with E-state index < -0.39 is 10.0 Å². The summed E-state index contributed by atoms with van der Waals surface area (Å²) >= 11 is 0. The van der Waals surface area contributed by atoms with E-state index in [0.717, 1.165) is 24.8 Å². The van der Waals surface area contributed by atoms with Crippen LogP contribution in [-0.2, 0) is 21.2 Å². The molecule has 0 aromatic heterocycles. The predicted molar refractivity (Wildman–Crippen MR) is 106 cm³/mol. The van der Waals surface area contributed by atoms with Crippen molar-refractivity contribution in [2.45, 2.75) is 37.5 Å². The summed E-state index contributed by atoms with van der Waals surface area (Å²) in [5.41, 5.74) is 2.13. The van der Waals surface area contributed by atoms with E-state index in [2.05, 4.69) is 4.72 Å². The van der Waals surface area contributed by atoms with Crippen LogP contribution in [0.15, 0.2) is 47.4 Å². The van der Waals surface area contributed by atoms with Gasteiger partial charge < -0.3 is 9.64 Å². The molecule has 6 nitrogen and oxygen atoms in total. The molecule has 144 valence electrons. The van der Waals surface area contributed by atoms with Crippen LogP contribution in [0.4, 0.5) is 11.4 Å². The lowest BCUT2D eigenvalue weighted by Crippen LogP contribution is -2.35. The van der Waals surface area contributed by atoms with E-state index in [4.69, 9.17) is 4.74 Å². The molecule has 1 aliphatic rings. The van der Waals surface area contributed by atoms with E-state index in [0.29, 0.717) is 30.1 Å². The molecule has 1 heterocycles. The normalized spacial score (nSPS) is 14.9. The first-order valence-electron chi connectivity index (χ1n) is 9.05. The van der Waals surface area contributed by atoms with Gasteiger partial charge in [-0.05, 0) is 49.1 Å². The van der Waals surface area contributed by atoms with Crippen molar-refractivity contribution in [1.29, 1.82) is 0 Å². The van der Waals surface area contributed by atoms with Crippen LogP contribution in [0.3, 0.4) is 0 Å². The van der Waals surface area contributed by atoms with Gasteiger partial charge in [0.05, 0.1) is 23.4 Å². The van der Waals surface area contributed by atoms with Crippen LogP contribution >= 0.6 is 0 Å². The highest BCUT2D eigenvalue weighted by molar-refractivity contribution is 7.92. The lowest BCUT2D eigenvalue weighted by molar-refractivity contribution is -0.119. The molecular weight excluding hydrogens is 364 g/mol. The van der Waals surface area contributed by atoms with Gasteiger partial charge in [-0.25, -0.2) is 8.42 Å². The van der Waals surface area contributed by atoms with Gasteiger partial charge in [-0.3, -0.25) is 9.52 Å². The highest BCUT2D eigenvalue weighted by Crippen LogP contribution is 2.34. The molecule has 1 N–H and O–H groups in total. The third kappa shape index (κ3) is 4.24. The van der Waals surface area contributed by atoms with Gasteiger partial charge in [0.2, 0.25) is 5.91 Å². The van der Waals surface area contributed by atoms with Gasteiger partial charge >= 0.3 is 0 Å². The summed E-state index contributed by atoms with van der Waals surface area (Å²) in [5.74, 6) is 0.524. The van der Waals surface area contributed by atoms with Crippen LogP contribution < -0.4 is 14.4 Å². The number of nitrogens with one attached hydrogen (secondary N) is 1. The monoisotopic (exact) mass is 388 g/mol. The number of hydrogen-bond acceptors (Lipinski definition) is 4. The number of aryl methyl sites for hydroxylation is 1. The van der Waals surface area contributed by atoms with Crippen LogP contribution in [0, 0.1) is 0 Å². The summed E-state index contributed by atoms with van der Waals surface area (Å²) in [6, 6.07) is 11.8. The Morgan fingerprint density at radius 3 is 2.48 bits per heavy atom. The van der Waals surface area contributed by atoms with Crippen molar-refractivity contribution in [1.82, 2.24) is 0 Å². The molecule has 27 heavy (non-hydrogen) atoms. The highest BCUT2D eigenvalue weighted by Gasteiger charge is 2.23. The number of amides is 1. The van der Waals surface area contributed by atoms with Gasteiger partial charge in [0, 0.05) is 19.0 Å². The SMILES string of the molecule is CCc1ccc(S(=O)(=O)Nc2ccc(N3CCCCC3=O)c(OC)c2)cc1. The standard InChI is InChI=1S/C20H24N2O4S/c1-3-15-7-10-17(11-8-15)27(24,25)21-16-9-12-18(19(14-16)26-2)22-13-5-4-6-20(22)23/h7-12,14,21H,3-6,13H2,1-2H3. The largest absolute Gasteiger partial charge is 0.494 e. The van der Waals surface area contributed by atoms with Gasteiger partial charge in [-0.2, -0.15) is 0 Å². The van der Waals surface area contributed by atoms with Crippen molar-refractivity contribution in [3.8, 4) is 5.75 Å². The first kappa shape index (κ1) is 19.2. The van der Waals surface area contributed by atoms with Gasteiger partial charge in [0.15, 0.2) is 0 Å². The van der Waals surface area contributed by atoms with Crippen LogP contribution in [-0.4, -0.2) is 28.0 Å². The predicted octanol–water partition coefficient (Wildman–Crippen LogP) is 3.58. The zero-order chi connectivity index (χ0) is 19.4. The molecule has 0 atom stereocenters. The van der Waals surface area contributed by atoms with Gasteiger partial charge in [0.25, 0.3) is 10.0 Å². The number of carbonyl (C=O) groups excluding carboxylic acids is 1. The van der Waals surface area contributed by atoms with Crippen LogP contribution in [0.1, 0.15) is 31.7 Å². The summed E-state index contributed by atoms with van der Waals surface area (Å²) in [7, 11) is -2.19. The number of nitrogens with zero attached hydrogens (tertiary/aromatic N) is 1. The first-order chi connectivity index (χ1) is 12.9. The zero-order valence-corrected chi connectivity index (χ0v) is 16.4. The second kappa shape index (κ2) is 8.00. The van der Waals surface area contributed by atoms with Crippen molar-refractivity contribution in [2.75, 3.05) is 23.3 Å². The molecule has 0 radical (unpaired) electrons. The third-order valence-corrected chi connectivity index (χ3v) is 6.09.